The van der Waals surface area contributed by atoms with E-state index in [9.17, 15) is 8.78 Å². The zero-order valence-corrected chi connectivity index (χ0v) is 12.4. The van der Waals surface area contributed by atoms with Crippen molar-refractivity contribution < 1.29 is 13.5 Å². The first-order chi connectivity index (χ1) is 10.1. The SMILES string of the molecule is CC(NCC1CC2CCC1C2)c1ccc(OC(F)F)cc1. The standard InChI is InChI=1S/C17H23F2NO/c1-11(13-4-6-16(7-5-13)21-17(18)19)20-10-15-9-12-2-3-14(15)8-12/h4-7,11-12,14-15,17,20H,2-3,8-10H2,1H3. The normalized spacial score (nSPS) is 29.0. The average Bonchev–Trinajstić information content (AvgIpc) is 3.07. The lowest BCUT2D eigenvalue weighted by Crippen LogP contribution is -2.28. The Balaban J connectivity index is 1.49. The zero-order valence-electron chi connectivity index (χ0n) is 12.4. The molecule has 0 heterocycles. The smallest absolute Gasteiger partial charge is 0.387 e. The second kappa shape index (κ2) is 6.30. The summed E-state index contributed by atoms with van der Waals surface area (Å²) in [6.07, 6.45) is 5.65. The highest BCUT2D eigenvalue weighted by atomic mass is 19.3. The summed E-state index contributed by atoms with van der Waals surface area (Å²) >= 11 is 0. The molecule has 2 saturated carbocycles. The van der Waals surface area contributed by atoms with Gasteiger partial charge < -0.3 is 10.1 Å². The molecule has 1 aromatic rings. The summed E-state index contributed by atoms with van der Waals surface area (Å²) in [4.78, 5) is 0. The van der Waals surface area contributed by atoms with Gasteiger partial charge in [-0.15, -0.1) is 0 Å². The average molecular weight is 295 g/mol. The maximum absolute atomic E-state index is 12.1. The minimum Gasteiger partial charge on any atom is -0.435 e. The van der Waals surface area contributed by atoms with Crippen LogP contribution < -0.4 is 10.1 Å². The molecule has 0 spiro atoms. The fourth-order valence-corrected chi connectivity index (χ4v) is 4.01. The molecule has 0 saturated heterocycles. The first kappa shape index (κ1) is 14.8. The van der Waals surface area contributed by atoms with Crippen molar-refractivity contribution in [2.45, 2.75) is 45.3 Å². The molecule has 4 atom stereocenters. The Bertz CT molecular complexity index is 462. The summed E-state index contributed by atoms with van der Waals surface area (Å²) in [6, 6.07) is 7.17. The van der Waals surface area contributed by atoms with Crippen LogP contribution in [0.25, 0.3) is 0 Å². The maximum atomic E-state index is 12.1. The molecule has 21 heavy (non-hydrogen) atoms. The van der Waals surface area contributed by atoms with E-state index >= 15 is 0 Å². The third-order valence-corrected chi connectivity index (χ3v) is 5.18. The van der Waals surface area contributed by atoms with E-state index in [2.05, 4.69) is 17.0 Å². The minimum absolute atomic E-state index is 0.217. The molecule has 4 unspecified atom stereocenters. The second-order valence-corrected chi connectivity index (χ2v) is 6.51. The number of benzene rings is 1. The molecule has 1 N–H and O–H groups in total. The third kappa shape index (κ3) is 3.54. The summed E-state index contributed by atoms with van der Waals surface area (Å²) < 4.78 is 28.6. The number of nitrogens with one attached hydrogen (secondary N) is 1. The van der Waals surface area contributed by atoms with Gasteiger partial charge in [0, 0.05) is 6.04 Å². The van der Waals surface area contributed by atoms with E-state index in [1.807, 2.05) is 12.1 Å². The van der Waals surface area contributed by atoms with Crippen LogP contribution in [0.5, 0.6) is 5.75 Å². The van der Waals surface area contributed by atoms with Crippen LogP contribution in [0, 0.1) is 17.8 Å². The Morgan fingerprint density at radius 1 is 1.19 bits per heavy atom. The van der Waals surface area contributed by atoms with E-state index in [1.165, 1.54) is 25.7 Å². The first-order valence-electron chi connectivity index (χ1n) is 7.90. The van der Waals surface area contributed by atoms with E-state index in [0.717, 1.165) is 29.9 Å². The van der Waals surface area contributed by atoms with Crippen LogP contribution in [0.4, 0.5) is 8.78 Å². The largest absolute Gasteiger partial charge is 0.435 e. The molecular formula is C17H23F2NO. The first-order valence-corrected chi connectivity index (χ1v) is 7.90. The number of rotatable bonds is 6. The van der Waals surface area contributed by atoms with Crippen LogP contribution in [0.2, 0.25) is 0 Å². The third-order valence-electron chi connectivity index (χ3n) is 5.18. The van der Waals surface area contributed by atoms with Crippen LogP contribution in [-0.4, -0.2) is 13.2 Å². The number of hydrogen-bond donors (Lipinski definition) is 1. The van der Waals surface area contributed by atoms with Gasteiger partial charge in [-0.25, -0.2) is 0 Å². The molecule has 2 aliphatic carbocycles. The molecular weight excluding hydrogens is 272 g/mol. The van der Waals surface area contributed by atoms with Crippen LogP contribution in [0.1, 0.15) is 44.2 Å². The molecule has 2 bridgehead atoms. The van der Waals surface area contributed by atoms with E-state index < -0.39 is 6.61 Å². The van der Waals surface area contributed by atoms with Crippen molar-refractivity contribution in [2.24, 2.45) is 17.8 Å². The van der Waals surface area contributed by atoms with Gasteiger partial charge in [0.05, 0.1) is 0 Å². The van der Waals surface area contributed by atoms with Gasteiger partial charge in [-0.1, -0.05) is 18.6 Å². The molecule has 116 valence electrons. The van der Waals surface area contributed by atoms with Gasteiger partial charge in [0.2, 0.25) is 0 Å². The lowest BCUT2D eigenvalue weighted by atomic mass is 9.88. The molecule has 1 aromatic carbocycles. The van der Waals surface area contributed by atoms with Crippen molar-refractivity contribution in [2.75, 3.05) is 6.54 Å². The van der Waals surface area contributed by atoms with Gasteiger partial charge in [-0.05, 0) is 68.2 Å². The zero-order chi connectivity index (χ0) is 14.8. The van der Waals surface area contributed by atoms with E-state index in [0.29, 0.717) is 0 Å². The molecule has 0 amide bonds. The molecule has 2 nitrogen and oxygen atoms in total. The number of fused-ring (bicyclic) bond motifs is 2. The molecule has 3 rings (SSSR count). The number of alkyl halides is 2. The highest BCUT2D eigenvalue weighted by Crippen LogP contribution is 2.48. The van der Waals surface area contributed by atoms with Crippen molar-refractivity contribution in [3.63, 3.8) is 0 Å². The van der Waals surface area contributed by atoms with Gasteiger partial charge in [0.1, 0.15) is 5.75 Å². The highest BCUT2D eigenvalue weighted by molar-refractivity contribution is 5.28. The maximum Gasteiger partial charge on any atom is 0.387 e. The topological polar surface area (TPSA) is 21.3 Å². The predicted octanol–water partition coefficient (Wildman–Crippen LogP) is 4.37. The summed E-state index contributed by atoms with van der Waals surface area (Å²) in [6.45, 7) is 0.428. The summed E-state index contributed by atoms with van der Waals surface area (Å²) in [7, 11) is 0. The van der Waals surface area contributed by atoms with E-state index in [4.69, 9.17) is 0 Å². The van der Waals surface area contributed by atoms with Gasteiger partial charge >= 0.3 is 6.61 Å². The quantitative estimate of drug-likeness (QED) is 0.841. The van der Waals surface area contributed by atoms with Crippen molar-refractivity contribution in [1.29, 1.82) is 0 Å². The Kier molecular flexibility index (Phi) is 4.43. The van der Waals surface area contributed by atoms with E-state index in [-0.39, 0.29) is 11.8 Å². The van der Waals surface area contributed by atoms with Crippen LogP contribution in [-0.2, 0) is 0 Å². The van der Waals surface area contributed by atoms with Crippen molar-refractivity contribution in [1.82, 2.24) is 5.32 Å². The lowest BCUT2D eigenvalue weighted by molar-refractivity contribution is -0.0498. The molecule has 2 aliphatic rings. The van der Waals surface area contributed by atoms with Gasteiger partial charge in [-0.2, -0.15) is 8.78 Å². The minimum atomic E-state index is -2.76. The summed E-state index contributed by atoms with van der Waals surface area (Å²) in [5.74, 6) is 2.95. The molecule has 2 fully saturated rings. The van der Waals surface area contributed by atoms with Crippen molar-refractivity contribution in [3.8, 4) is 5.75 Å². The van der Waals surface area contributed by atoms with Gasteiger partial charge in [0.25, 0.3) is 0 Å². The van der Waals surface area contributed by atoms with Crippen molar-refractivity contribution >= 4 is 0 Å². The van der Waals surface area contributed by atoms with Gasteiger partial charge in [0.15, 0.2) is 0 Å². The molecule has 4 heteroatoms. The lowest BCUT2D eigenvalue weighted by Gasteiger charge is -2.24. The summed E-state index contributed by atoms with van der Waals surface area (Å²) in [5.41, 5.74) is 1.11. The Morgan fingerprint density at radius 2 is 1.95 bits per heavy atom. The molecule has 0 aliphatic heterocycles. The predicted molar refractivity (Wildman–Crippen MR) is 78.4 cm³/mol. The van der Waals surface area contributed by atoms with E-state index in [1.54, 1.807) is 12.1 Å². The Morgan fingerprint density at radius 3 is 2.52 bits per heavy atom. The Hall–Kier alpha value is -1.16. The Labute approximate surface area is 124 Å². The monoisotopic (exact) mass is 295 g/mol. The van der Waals surface area contributed by atoms with Crippen LogP contribution in [0.15, 0.2) is 24.3 Å². The molecule has 0 aromatic heterocycles. The fraction of sp³-hybridized carbons (Fsp3) is 0.647. The van der Waals surface area contributed by atoms with Crippen molar-refractivity contribution in [3.05, 3.63) is 29.8 Å². The van der Waals surface area contributed by atoms with Crippen LogP contribution in [0.3, 0.4) is 0 Å². The second-order valence-electron chi connectivity index (χ2n) is 6.51. The molecule has 0 radical (unpaired) electrons. The highest BCUT2D eigenvalue weighted by Gasteiger charge is 2.39. The number of halogens is 2. The summed E-state index contributed by atoms with van der Waals surface area (Å²) in [5, 5.41) is 3.60. The number of ether oxygens (including phenoxy) is 1. The van der Waals surface area contributed by atoms with Gasteiger partial charge in [-0.3, -0.25) is 0 Å². The fourth-order valence-electron chi connectivity index (χ4n) is 4.01. The number of hydrogen-bond acceptors (Lipinski definition) is 2. The van der Waals surface area contributed by atoms with Crippen LogP contribution >= 0.6 is 0 Å².